The molecule has 0 bridgehead atoms. The SMILES string of the molecule is NC(CCCCOC(=O)Nc1ccc([N+](=O)[O-])cc1)C(=O)C1CCNC1. The van der Waals surface area contributed by atoms with Crippen LogP contribution in [0.4, 0.5) is 16.2 Å². The van der Waals surface area contributed by atoms with Gasteiger partial charge in [0.15, 0.2) is 5.78 Å². The van der Waals surface area contributed by atoms with Crippen LogP contribution in [0.3, 0.4) is 0 Å². The van der Waals surface area contributed by atoms with Crippen LogP contribution in [0.25, 0.3) is 0 Å². The zero-order chi connectivity index (χ0) is 18.9. The van der Waals surface area contributed by atoms with E-state index in [1.165, 1.54) is 24.3 Å². The van der Waals surface area contributed by atoms with Gasteiger partial charge in [0.25, 0.3) is 5.69 Å². The maximum Gasteiger partial charge on any atom is 0.411 e. The highest BCUT2D eigenvalue weighted by atomic mass is 16.6. The van der Waals surface area contributed by atoms with Gasteiger partial charge in [-0.25, -0.2) is 4.79 Å². The van der Waals surface area contributed by atoms with Crippen LogP contribution in [-0.2, 0) is 9.53 Å². The zero-order valence-electron chi connectivity index (χ0n) is 14.5. The number of nitrogens with two attached hydrogens (primary N) is 1. The summed E-state index contributed by atoms with van der Waals surface area (Å²) in [4.78, 5) is 33.8. The number of Topliss-reactive ketones (excluding diaryl/α,β-unsaturated/α-hetero) is 1. The first-order valence-electron chi connectivity index (χ1n) is 8.65. The van der Waals surface area contributed by atoms with E-state index in [1.54, 1.807) is 0 Å². The number of amides is 1. The molecule has 1 aliphatic rings. The fourth-order valence-corrected chi connectivity index (χ4v) is 2.79. The van der Waals surface area contributed by atoms with Gasteiger partial charge < -0.3 is 15.8 Å². The summed E-state index contributed by atoms with van der Waals surface area (Å²) in [6.07, 6.45) is 2.09. The number of carbonyl (C=O) groups excluding carboxylic acids is 2. The second-order valence-electron chi connectivity index (χ2n) is 6.26. The molecule has 1 heterocycles. The van der Waals surface area contributed by atoms with Gasteiger partial charge in [-0.15, -0.1) is 0 Å². The minimum absolute atomic E-state index is 0.0220. The van der Waals surface area contributed by atoms with E-state index < -0.39 is 17.1 Å². The van der Waals surface area contributed by atoms with Crippen LogP contribution in [-0.4, -0.2) is 42.5 Å². The van der Waals surface area contributed by atoms with Crippen LogP contribution in [0.2, 0.25) is 0 Å². The lowest BCUT2D eigenvalue weighted by Crippen LogP contribution is -2.36. The summed E-state index contributed by atoms with van der Waals surface area (Å²) in [6.45, 7) is 1.78. The summed E-state index contributed by atoms with van der Waals surface area (Å²) < 4.78 is 5.05. The number of nitro groups is 1. The second-order valence-corrected chi connectivity index (χ2v) is 6.26. The van der Waals surface area contributed by atoms with Crippen molar-refractivity contribution in [1.82, 2.24) is 5.32 Å². The molecule has 9 heteroatoms. The molecule has 1 aromatic rings. The van der Waals surface area contributed by atoms with Crippen molar-refractivity contribution in [3.05, 3.63) is 34.4 Å². The number of hydrogen-bond acceptors (Lipinski definition) is 7. The number of unbranched alkanes of at least 4 members (excludes halogenated alkanes) is 1. The van der Waals surface area contributed by atoms with Crippen LogP contribution >= 0.6 is 0 Å². The van der Waals surface area contributed by atoms with E-state index in [9.17, 15) is 19.7 Å². The quantitative estimate of drug-likeness (QED) is 0.345. The molecule has 0 radical (unpaired) electrons. The van der Waals surface area contributed by atoms with Crippen molar-refractivity contribution in [2.45, 2.75) is 31.7 Å². The smallest absolute Gasteiger partial charge is 0.411 e. The van der Waals surface area contributed by atoms with Crippen LogP contribution in [0, 0.1) is 16.0 Å². The molecule has 1 saturated heterocycles. The molecule has 142 valence electrons. The Hall–Kier alpha value is -2.52. The summed E-state index contributed by atoms with van der Waals surface area (Å²) in [7, 11) is 0. The number of anilines is 1. The molecule has 2 atom stereocenters. The van der Waals surface area contributed by atoms with E-state index in [0.29, 0.717) is 31.5 Å². The molecule has 2 rings (SSSR count). The van der Waals surface area contributed by atoms with Gasteiger partial charge in [-0.05, 0) is 44.4 Å². The lowest BCUT2D eigenvalue weighted by atomic mass is 9.95. The van der Waals surface area contributed by atoms with Crippen molar-refractivity contribution >= 4 is 23.3 Å². The van der Waals surface area contributed by atoms with E-state index in [2.05, 4.69) is 10.6 Å². The molecule has 1 fully saturated rings. The van der Waals surface area contributed by atoms with E-state index in [1.807, 2.05) is 0 Å². The Morgan fingerprint density at radius 3 is 2.69 bits per heavy atom. The predicted octanol–water partition coefficient (Wildman–Crippen LogP) is 1.82. The van der Waals surface area contributed by atoms with Gasteiger partial charge in [-0.3, -0.25) is 20.2 Å². The summed E-state index contributed by atoms with van der Waals surface area (Å²) in [5.41, 5.74) is 6.29. The molecule has 2 unspecified atom stereocenters. The minimum Gasteiger partial charge on any atom is -0.449 e. The molecule has 0 saturated carbocycles. The molecular formula is C17H24N4O5. The number of ketones is 1. The number of hydrogen-bond donors (Lipinski definition) is 3. The Morgan fingerprint density at radius 1 is 1.35 bits per heavy atom. The molecule has 0 aliphatic carbocycles. The van der Waals surface area contributed by atoms with Gasteiger partial charge in [0.05, 0.1) is 17.6 Å². The van der Waals surface area contributed by atoms with Crippen molar-refractivity contribution in [2.75, 3.05) is 25.0 Å². The van der Waals surface area contributed by atoms with Gasteiger partial charge in [-0.2, -0.15) is 0 Å². The molecule has 4 N–H and O–H groups in total. The fraction of sp³-hybridized carbons (Fsp3) is 0.529. The Balaban J connectivity index is 1.59. The lowest BCUT2D eigenvalue weighted by Gasteiger charge is -2.14. The Morgan fingerprint density at radius 2 is 2.08 bits per heavy atom. The summed E-state index contributed by atoms with van der Waals surface area (Å²) >= 11 is 0. The number of rotatable bonds is 9. The average molecular weight is 364 g/mol. The highest BCUT2D eigenvalue weighted by Crippen LogP contribution is 2.16. The number of nitrogens with one attached hydrogen (secondary N) is 2. The molecule has 0 spiro atoms. The van der Waals surface area contributed by atoms with E-state index >= 15 is 0 Å². The van der Waals surface area contributed by atoms with Crippen molar-refractivity contribution in [2.24, 2.45) is 11.7 Å². The van der Waals surface area contributed by atoms with Crippen LogP contribution in [0.5, 0.6) is 0 Å². The second kappa shape index (κ2) is 9.83. The minimum atomic E-state index is -0.628. The molecule has 1 aromatic carbocycles. The van der Waals surface area contributed by atoms with Crippen LogP contribution in [0.1, 0.15) is 25.7 Å². The van der Waals surface area contributed by atoms with Crippen molar-refractivity contribution in [3.8, 4) is 0 Å². The van der Waals surface area contributed by atoms with E-state index in [0.717, 1.165) is 13.0 Å². The van der Waals surface area contributed by atoms with E-state index in [4.69, 9.17) is 10.5 Å². The maximum atomic E-state index is 12.1. The number of non-ortho nitro benzene ring substituents is 1. The summed E-state index contributed by atoms with van der Waals surface area (Å²) in [5.74, 6) is 0.126. The molecule has 0 aromatic heterocycles. The molecule has 9 nitrogen and oxygen atoms in total. The van der Waals surface area contributed by atoms with Crippen molar-refractivity contribution < 1.29 is 19.2 Å². The largest absolute Gasteiger partial charge is 0.449 e. The lowest BCUT2D eigenvalue weighted by molar-refractivity contribution is -0.384. The first kappa shape index (κ1) is 19.8. The third-order valence-corrected chi connectivity index (χ3v) is 4.30. The Labute approximate surface area is 151 Å². The fourth-order valence-electron chi connectivity index (χ4n) is 2.79. The third-order valence-electron chi connectivity index (χ3n) is 4.30. The molecule has 26 heavy (non-hydrogen) atoms. The van der Waals surface area contributed by atoms with Gasteiger partial charge in [0.1, 0.15) is 0 Å². The third kappa shape index (κ3) is 6.08. The van der Waals surface area contributed by atoms with Gasteiger partial charge >= 0.3 is 6.09 Å². The van der Waals surface area contributed by atoms with Crippen molar-refractivity contribution in [3.63, 3.8) is 0 Å². The first-order chi connectivity index (χ1) is 12.5. The zero-order valence-corrected chi connectivity index (χ0v) is 14.5. The number of carbonyl (C=O) groups is 2. The topological polar surface area (TPSA) is 137 Å². The standard InChI is InChI=1S/C17H24N4O5/c18-15(16(22)12-8-9-19-11-12)3-1-2-10-26-17(23)20-13-4-6-14(7-5-13)21(24)25/h4-7,12,15,19H,1-3,8-11,18H2,(H,20,23). The number of benzene rings is 1. The van der Waals surface area contributed by atoms with E-state index in [-0.39, 0.29) is 24.0 Å². The number of nitro benzene ring substituents is 1. The van der Waals surface area contributed by atoms with Crippen LogP contribution in [0.15, 0.2) is 24.3 Å². The number of ether oxygens (including phenoxy) is 1. The monoisotopic (exact) mass is 364 g/mol. The Bertz CT molecular complexity index is 629. The highest BCUT2D eigenvalue weighted by Gasteiger charge is 2.26. The normalized spacial score (nSPS) is 17.5. The number of nitrogens with zero attached hydrogens (tertiary/aromatic N) is 1. The maximum absolute atomic E-state index is 12.1. The Kier molecular flexibility index (Phi) is 7.49. The van der Waals surface area contributed by atoms with Gasteiger partial charge in [-0.1, -0.05) is 0 Å². The molecule has 1 aliphatic heterocycles. The highest BCUT2D eigenvalue weighted by molar-refractivity contribution is 5.86. The van der Waals surface area contributed by atoms with Crippen LogP contribution < -0.4 is 16.4 Å². The first-order valence-corrected chi connectivity index (χ1v) is 8.65. The van der Waals surface area contributed by atoms with Crippen molar-refractivity contribution in [1.29, 1.82) is 0 Å². The van der Waals surface area contributed by atoms with Gasteiger partial charge in [0.2, 0.25) is 0 Å². The van der Waals surface area contributed by atoms with Gasteiger partial charge in [0, 0.05) is 30.3 Å². The molecule has 1 amide bonds. The summed E-state index contributed by atoms with van der Waals surface area (Å²) in [5, 5.41) is 16.2. The average Bonchev–Trinajstić information content (AvgIpc) is 3.15. The summed E-state index contributed by atoms with van der Waals surface area (Å²) in [6, 6.07) is 5.00. The predicted molar refractivity (Wildman–Crippen MR) is 95.9 cm³/mol. The molecular weight excluding hydrogens is 340 g/mol.